The van der Waals surface area contributed by atoms with E-state index in [0.29, 0.717) is 29.4 Å². The van der Waals surface area contributed by atoms with Crippen molar-refractivity contribution >= 4 is 22.9 Å². The second kappa shape index (κ2) is 9.93. The number of carbonyl (C=O) groups excluding carboxylic acids is 1. The number of amides is 1. The molecule has 1 amide bonds. The first kappa shape index (κ1) is 23.7. The summed E-state index contributed by atoms with van der Waals surface area (Å²) in [6.45, 7) is 4.37. The van der Waals surface area contributed by atoms with Crippen LogP contribution >= 0.6 is 0 Å². The summed E-state index contributed by atoms with van der Waals surface area (Å²) in [6, 6.07) is 5.86. The number of nitrogens with one attached hydrogen (secondary N) is 2. The van der Waals surface area contributed by atoms with Gasteiger partial charge in [0, 0.05) is 30.6 Å². The number of aryl methyl sites for hydroxylation is 2. The molecule has 12 heteroatoms. The lowest BCUT2D eigenvalue weighted by atomic mass is 10.2. The van der Waals surface area contributed by atoms with Gasteiger partial charge in [-0.15, -0.1) is 0 Å². The predicted octanol–water partition coefficient (Wildman–Crippen LogP) is 1.84. The van der Waals surface area contributed by atoms with Crippen molar-refractivity contribution in [2.24, 2.45) is 0 Å². The Morgan fingerprint density at radius 3 is 2.86 bits per heavy atom. The normalized spacial score (nSPS) is 19.5. The summed E-state index contributed by atoms with van der Waals surface area (Å²) in [4.78, 5) is 39.5. The maximum Gasteiger partial charge on any atom is 0.272 e. The lowest BCUT2D eigenvalue weighted by Gasteiger charge is -2.17. The summed E-state index contributed by atoms with van der Waals surface area (Å²) in [5.41, 5.74) is 6.82. The molecule has 0 radical (unpaired) electrons. The zero-order valence-corrected chi connectivity index (χ0v) is 20.0. The van der Waals surface area contributed by atoms with E-state index in [1.54, 1.807) is 23.2 Å². The van der Waals surface area contributed by atoms with Gasteiger partial charge in [0.05, 0.1) is 25.7 Å². The van der Waals surface area contributed by atoms with Gasteiger partial charge in [-0.05, 0) is 43.2 Å². The third kappa shape index (κ3) is 4.73. The van der Waals surface area contributed by atoms with E-state index in [2.05, 4.69) is 30.6 Å². The van der Waals surface area contributed by atoms with Crippen LogP contribution in [0.1, 0.15) is 29.5 Å². The minimum absolute atomic E-state index is 0.101. The number of fused-ring (bicyclic) bond motifs is 1. The van der Waals surface area contributed by atoms with E-state index in [1.165, 1.54) is 13.4 Å². The number of rotatable bonds is 7. The van der Waals surface area contributed by atoms with Crippen LogP contribution in [0.2, 0.25) is 0 Å². The maximum atomic E-state index is 12.2. The highest BCUT2D eigenvalue weighted by Gasteiger charge is 2.40. The second-order valence-corrected chi connectivity index (χ2v) is 8.64. The molecule has 36 heavy (non-hydrogen) atoms. The van der Waals surface area contributed by atoms with Crippen LogP contribution in [0.25, 0.3) is 22.6 Å². The number of nitrogens with zero attached hydrogens (tertiary/aromatic N) is 6. The molecule has 186 valence electrons. The summed E-state index contributed by atoms with van der Waals surface area (Å²) in [7, 11) is 1.34. The van der Waals surface area contributed by atoms with Crippen molar-refractivity contribution in [1.29, 1.82) is 0 Å². The van der Waals surface area contributed by atoms with Crippen LogP contribution in [0, 0.1) is 13.8 Å². The first-order valence-corrected chi connectivity index (χ1v) is 11.4. The molecule has 1 aliphatic heterocycles. The van der Waals surface area contributed by atoms with Crippen LogP contribution in [-0.4, -0.2) is 59.8 Å². The molecule has 1 fully saturated rings. The van der Waals surface area contributed by atoms with Crippen molar-refractivity contribution in [1.82, 2.24) is 35.0 Å². The Morgan fingerprint density at radius 2 is 2.08 bits per heavy atom. The van der Waals surface area contributed by atoms with Crippen molar-refractivity contribution in [2.75, 3.05) is 12.4 Å². The second-order valence-electron chi connectivity index (χ2n) is 8.64. The van der Waals surface area contributed by atoms with E-state index in [-0.39, 0.29) is 6.42 Å². The van der Waals surface area contributed by atoms with Gasteiger partial charge in [-0.2, -0.15) is 0 Å². The number of ether oxygens (including phenoxy) is 1. The number of aromatic nitrogens is 6. The number of anilines is 1. The molecule has 4 aromatic rings. The molecular weight excluding hydrogens is 464 g/mol. The molecule has 1 aliphatic rings. The van der Waals surface area contributed by atoms with Crippen molar-refractivity contribution in [3.05, 3.63) is 59.9 Å². The summed E-state index contributed by atoms with van der Waals surface area (Å²) < 4.78 is 7.48. The van der Waals surface area contributed by atoms with Crippen LogP contribution < -0.4 is 10.8 Å². The average molecular weight is 491 g/mol. The zero-order chi connectivity index (χ0) is 25.2. The summed E-state index contributed by atoms with van der Waals surface area (Å²) >= 11 is 0. The standard InChI is InChI=1S/C24H26N8O4/c1-13-4-5-26-16(7-13)11-27-21-19-22(30-20(29-21)15-6-14(2)9-25-10-15)32(12-28-19)24-17(33)8-18(36-24)23(34)31-35-3/h4-7,9-10,12,17-18,24,33H,8,11H2,1-3H3,(H,31,34)(H,27,29,30)/t17-,18+,24-/m1/s1. The first-order chi connectivity index (χ1) is 17.4. The molecule has 12 nitrogen and oxygen atoms in total. The van der Waals surface area contributed by atoms with E-state index in [1.807, 2.05) is 32.0 Å². The number of imidazole rings is 1. The van der Waals surface area contributed by atoms with Gasteiger partial charge in [0.15, 0.2) is 29.0 Å². The molecule has 4 aromatic heterocycles. The van der Waals surface area contributed by atoms with Crippen LogP contribution in [0.4, 0.5) is 5.82 Å². The molecule has 1 saturated heterocycles. The van der Waals surface area contributed by atoms with Crippen molar-refractivity contribution in [3.63, 3.8) is 0 Å². The van der Waals surface area contributed by atoms with E-state index >= 15 is 0 Å². The molecule has 5 rings (SSSR count). The van der Waals surface area contributed by atoms with Gasteiger partial charge in [0.1, 0.15) is 12.2 Å². The number of hydroxylamine groups is 1. The molecular formula is C24H26N8O4. The monoisotopic (exact) mass is 490 g/mol. The predicted molar refractivity (Wildman–Crippen MR) is 129 cm³/mol. The Kier molecular flexibility index (Phi) is 6.55. The van der Waals surface area contributed by atoms with Gasteiger partial charge < -0.3 is 15.2 Å². The average Bonchev–Trinajstić information content (AvgIpc) is 3.46. The molecule has 0 unspecified atom stereocenters. The molecule has 0 aromatic carbocycles. The smallest absolute Gasteiger partial charge is 0.272 e. The highest BCUT2D eigenvalue weighted by atomic mass is 16.6. The summed E-state index contributed by atoms with van der Waals surface area (Å²) in [6.07, 6.45) is 4.12. The van der Waals surface area contributed by atoms with E-state index in [4.69, 9.17) is 14.7 Å². The molecule has 5 heterocycles. The van der Waals surface area contributed by atoms with Crippen LogP contribution in [0.3, 0.4) is 0 Å². The first-order valence-electron chi connectivity index (χ1n) is 11.4. The molecule has 0 aliphatic carbocycles. The highest BCUT2D eigenvalue weighted by Crippen LogP contribution is 2.33. The van der Waals surface area contributed by atoms with Crippen LogP contribution in [0.5, 0.6) is 0 Å². The molecule has 3 N–H and O–H groups in total. The van der Waals surface area contributed by atoms with E-state index < -0.39 is 24.3 Å². The molecule has 3 atom stereocenters. The quantitative estimate of drug-likeness (QED) is 0.328. The molecule has 0 saturated carbocycles. The largest absolute Gasteiger partial charge is 0.388 e. The third-order valence-electron chi connectivity index (χ3n) is 5.82. The molecule has 0 bridgehead atoms. The Bertz CT molecular complexity index is 1410. The lowest BCUT2D eigenvalue weighted by molar-refractivity contribution is -0.145. The van der Waals surface area contributed by atoms with Gasteiger partial charge in [0.25, 0.3) is 5.91 Å². The van der Waals surface area contributed by atoms with Gasteiger partial charge in [-0.25, -0.2) is 20.4 Å². The number of pyridine rings is 2. The Balaban J connectivity index is 1.54. The topological polar surface area (TPSA) is 149 Å². The van der Waals surface area contributed by atoms with Gasteiger partial charge in [0.2, 0.25) is 0 Å². The fourth-order valence-corrected chi connectivity index (χ4v) is 4.14. The minimum Gasteiger partial charge on any atom is -0.388 e. The third-order valence-corrected chi connectivity index (χ3v) is 5.82. The van der Waals surface area contributed by atoms with Crippen LogP contribution in [-0.2, 0) is 20.9 Å². The highest BCUT2D eigenvalue weighted by molar-refractivity contribution is 5.85. The van der Waals surface area contributed by atoms with Crippen molar-refractivity contribution in [3.8, 4) is 11.4 Å². The fourth-order valence-electron chi connectivity index (χ4n) is 4.14. The maximum absolute atomic E-state index is 12.2. The minimum atomic E-state index is -0.957. The van der Waals surface area contributed by atoms with Gasteiger partial charge in [-0.1, -0.05) is 0 Å². The Labute approximate surface area is 206 Å². The Morgan fingerprint density at radius 1 is 1.22 bits per heavy atom. The summed E-state index contributed by atoms with van der Waals surface area (Å²) in [5, 5.41) is 14.0. The fraction of sp³-hybridized carbons (Fsp3) is 0.333. The van der Waals surface area contributed by atoms with Crippen molar-refractivity contribution in [2.45, 2.75) is 45.2 Å². The summed E-state index contributed by atoms with van der Waals surface area (Å²) in [5.74, 6) is 0.457. The van der Waals surface area contributed by atoms with E-state index in [9.17, 15) is 9.90 Å². The lowest BCUT2D eigenvalue weighted by Crippen LogP contribution is -2.33. The zero-order valence-electron chi connectivity index (χ0n) is 20.0. The number of aliphatic hydroxyl groups excluding tert-OH is 1. The molecule has 0 spiro atoms. The van der Waals surface area contributed by atoms with Gasteiger partial charge >= 0.3 is 0 Å². The van der Waals surface area contributed by atoms with E-state index in [0.717, 1.165) is 22.4 Å². The number of hydrogen-bond acceptors (Lipinski definition) is 10. The SMILES string of the molecule is CONC(=O)[C@@H]1C[C@@H](O)[C@H](n2cnc3c(NCc4cc(C)ccn4)nc(-c4cncc(C)c4)nc32)O1. The Hall–Kier alpha value is -4.00. The number of aliphatic hydroxyl groups is 1. The van der Waals surface area contributed by atoms with Crippen LogP contribution in [0.15, 0.2) is 43.1 Å². The van der Waals surface area contributed by atoms with Gasteiger partial charge in [-0.3, -0.25) is 24.2 Å². The van der Waals surface area contributed by atoms with Crippen molar-refractivity contribution < 1.29 is 19.5 Å². The number of hydrogen-bond donors (Lipinski definition) is 3. The number of carbonyl (C=O) groups is 1.